The Labute approximate surface area is 174 Å². The number of halogens is 1. The molecule has 0 bridgehead atoms. The van der Waals surface area contributed by atoms with Gasteiger partial charge in [-0.05, 0) is 49.8 Å². The molecule has 2 aliphatic rings. The van der Waals surface area contributed by atoms with Gasteiger partial charge in [0.2, 0.25) is 0 Å². The average molecular weight is 408 g/mol. The van der Waals surface area contributed by atoms with Crippen molar-refractivity contribution in [2.45, 2.75) is 50.0 Å². The number of rotatable bonds is 8. The van der Waals surface area contributed by atoms with Crippen molar-refractivity contribution in [3.05, 3.63) is 34.9 Å². The predicted octanol–water partition coefficient (Wildman–Crippen LogP) is 3.85. The van der Waals surface area contributed by atoms with Gasteiger partial charge in [-0.2, -0.15) is 0 Å². The number of piperidine rings is 1. The number of likely N-dealkylation sites (tertiary alicyclic amines) is 1. The quantitative estimate of drug-likeness (QED) is 0.404. The summed E-state index contributed by atoms with van der Waals surface area (Å²) in [4.78, 5) is 6.91. The third-order valence-electron chi connectivity index (χ3n) is 6.15. The van der Waals surface area contributed by atoms with Crippen LogP contribution in [0.5, 0.6) is 0 Å². The zero-order valence-electron chi connectivity index (χ0n) is 17.3. The molecule has 5 nitrogen and oxygen atoms in total. The van der Waals surface area contributed by atoms with E-state index in [2.05, 4.69) is 27.3 Å². The molecule has 3 rings (SSSR count). The SMILES string of the molecule is CN=C(NCC1(c2ccc(Cl)cc2)CCC1)N1CCC(OCCCOC)CC1. The van der Waals surface area contributed by atoms with Gasteiger partial charge in [0.05, 0.1) is 6.10 Å². The second-order valence-corrected chi connectivity index (χ2v) is 8.38. The number of nitrogens with one attached hydrogen (secondary N) is 1. The molecule has 1 N–H and O–H groups in total. The molecule has 0 aromatic heterocycles. The fourth-order valence-corrected chi connectivity index (χ4v) is 4.37. The van der Waals surface area contributed by atoms with Crippen molar-refractivity contribution < 1.29 is 9.47 Å². The molecule has 1 aliphatic carbocycles. The summed E-state index contributed by atoms with van der Waals surface area (Å²) in [6, 6.07) is 8.36. The first kappa shape index (κ1) is 21.4. The minimum atomic E-state index is 0.212. The molecule has 0 unspecified atom stereocenters. The van der Waals surface area contributed by atoms with Crippen molar-refractivity contribution in [2.75, 3.05) is 47.0 Å². The first-order valence-electron chi connectivity index (χ1n) is 10.5. The predicted molar refractivity (Wildman–Crippen MR) is 115 cm³/mol. The molecule has 156 valence electrons. The topological polar surface area (TPSA) is 46.1 Å². The molecule has 0 amide bonds. The third-order valence-corrected chi connectivity index (χ3v) is 6.40. The summed E-state index contributed by atoms with van der Waals surface area (Å²) in [5.41, 5.74) is 1.60. The lowest BCUT2D eigenvalue weighted by atomic mass is 9.64. The maximum absolute atomic E-state index is 6.08. The molecule has 1 saturated heterocycles. The molecule has 1 aliphatic heterocycles. The number of hydrogen-bond acceptors (Lipinski definition) is 3. The van der Waals surface area contributed by atoms with Gasteiger partial charge in [-0.3, -0.25) is 4.99 Å². The van der Waals surface area contributed by atoms with Crippen LogP contribution in [0.4, 0.5) is 0 Å². The highest BCUT2D eigenvalue weighted by atomic mass is 35.5. The number of nitrogens with zero attached hydrogens (tertiary/aromatic N) is 2. The normalized spacial score (nSPS) is 20.1. The van der Waals surface area contributed by atoms with E-state index in [4.69, 9.17) is 21.1 Å². The van der Waals surface area contributed by atoms with Gasteiger partial charge < -0.3 is 19.7 Å². The summed E-state index contributed by atoms with van der Waals surface area (Å²) >= 11 is 6.08. The van der Waals surface area contributed by atoms with Crippen molar-refractivity contribution in [2.24, 2.45) is 4.99 Å². The van der Waals surface area contributed by atoms with Gasteiger partial charge in [0, 0.05) is 57.4 Å². The Morgan fingerprint density at radius 1 is 1.21 bits per heavy atom. The standard InChI is InChI=1S/C22H34ClN3O2/c1-24-21(26-13-9-20(10-14-26)28-16-4-15-27-2)25-17-22(11-3-12-22)18-5-7-19(23)8-6-18/h5-8,20H,3-4,9-17H2,1-2H3,(H,24,25). The van der Waals surface area contributed by atoms with E-state index in [1.165, 1.54) is 24.8 Å². The third kappa shape index (κ3) is 5.40. The minimum absolute atomic E-state index is 0.212. The smallest absolute Gasteiger partial charge is 0.193 e. The zero-order valence-corrected chi connectivity index (χ0v) is 18.0. The molecule has 0 atom stereocenters. The van der Waals surface area contributed by atoms with Gasteiger partial charge >= 0.3 is 0 Å². The molecule has 0 radical (unpaired) electrons. The number of methoxy groups -OCH3 is 1. The minimum Gasteiger partial charge on any atom is -0.385 e. The molecule has 0 spiro atoms. The molecular weight excluding hydrogens is 374 g/mol. The van der Waals surface area contributed by atoms with Gasteiger partial charge in [-0.1, -0.05) is 30.2 Å². The average Bonchev–Trinajstić information content (AvgIpc) is 2.69. The van der Waals surface area contributed by atoms with E-state index < -0.39 is 0 Å². The van der Waals surface area contributed by atoms with Gasteiger partial charge in [0.1, 0.15) is 0 Å². The summed E-state index contributed by atoms with van der Waals surface area (Å²) < 4.78 is 11.1. The number of ether oxygens (including phenoxy) is 2. The Morgan fingerprint density at radius 3 is 2.50 bits per heavy atom. The highest BCUT2D eigenvalue weighted by Crippen LogP contribution is 2.43. The van der Waals surface area contributed by atoms with Gasteiger partial charge in [0.25, 0.3) is 0 Å². The van der Waals surface area contributed by atoms with Crippen LogP contribution >= 0.6 is 11.6 Å². The van der Waals surface area contributed by atoms with Crippen LogP contribution in [0.1, 0.15) is 44.1 Å². The molecule has 28 heavy (non-hydrogen) atoms. The summed E-state index contributed by atoms with van der Waals surface area (Å²) in [7, 11) is 3.61. The van der Waals surface area contributed by atoms with Crippen LogP contribution in [0.25, 0.3) is 0 Å². The summed E-state index contributed by atoms with van der Waals surface area (Å²) in [5.74, 6) is 1.01. The Bertz CT molecular complexity index is 623. The molecular formula is C22H34ClN3O2. The number of benzene rings is 1. The van der Waals surface area contributed by atoms with Crippen molar-refractivity contribution in [3.63, 3.8) is 0 Å². The maximum Gasteiger partial charge on any atom is 0.193 e. The van der Waals surface area contributed by atoms with Gasteiger partial charge in [-0.25, -0.2) is 0 Å². The lowest BCUT2D eigenvalue weighted by molar-refractivity contribution is 0.00982. The van der Waals surface area contributed by atoms with E-state index in [1.54, 1.807) is 7.11 Å². The van der Waals surface area contributed by atoms with E-state index in [9.17, 15) is 0 Å². The second kappa shape index (κ2) is 10.5. The summed E-state index contributed by atoms with van der Waals surface area (Å²) in [6.07, 6.45) is 7.15. The van der Waals surface area contributed by atoms with Crippen LogP contribution in [-0.2, 0) is 14.9 Å². The van der Waals surface area contributed by atoms with E-state index >= 15 is 0 Å². The Morgan fingerprint density at radius 2 is 1.93 bits per heavy atom. The van der Waals surface area contributed by atoms with Crippen molar-refractivity contribution in [1.29, 1.82) is 0 Å². The molecule has 6 heteroatoms. The van der Waals surface area contributed by atoms with Crippen molar-refractivity contribution in [3.8, 4) is 0 Å². The Balaban J connectivity index is 1.48. The highest BCUT2D eigenvalue weighted by molar-refractivity contribution is 6.30. The van der Waals surface area contributed by atoms with Gasteiger partial charge in [-0.15, -0.1) is 0 Å². The molecule has 1 aromatic rings. The largest absolute Gasteiger partial charge is 0.385 e. The van der Waals surface area contributed by atoms with Crippen LogP contribution < -0.4 is 5.32 Å². The summed E-state index contributed by atoms with van der Waals surface area (Å²) in [6.45, 7) is 4.46. The lowest BCUT2D eigenvalue weighted by Crippen LogP contribution is -2.52. The number of guanidine groups is 1. The monoisotopic (exact) mass is 407 g/mol. The van der Waals surface area contributed by atoms with Crippen LogP contribution in [0.2, 0.25) is 5.02 Å². The lowest BCUT2D eigenvalue weighted by Gasteiger charge is -2.44. The van der Waals surface area contributed by atoms with Crippen LogP contribution in [0.15, 0.2) is 29.3 Å². The number of aliphatic imine (C=N–C) groups is 1. The van der Waals surface area contributed by atoms with E-state index in [-0.39, 0.29) is 5.41 Å². The van der Waals surface area contributed by atoms with E-state index in [1.807, 2.05) is 19.2 Å². The van der Waals surface area contributed by atoms with E-state index in [0.29, 0.717) is 6.10 Å². The Kier molecular flexibility index (Phi) is 8.00. The molecule has 2 fully saturated rings. The molecule has 1 saturated carbocycles. The Hall–Kier alpha value is -1.30. The fourth-order valence-electron chi connectivity index (χ4n) is 4.24. The van der Waals surface area contributed by atoms with Crippen molar-refractivity contribution in [1.82, 2.24) is 10.2 Å². The number of hydrogen-bond donors (Lipinski definition) is 1. The zero-order chi connectivity index (χ0) is 19.8. The van der Waals surface area contributed by atoms with Crippen LogP contribution in [0, 0.1) is 0 Å². The van der Waals surface area contributed by atoms with Crippen LogP contribution in [-0.4, -0.2) is 64.0 Å². The molecule has 1 aromatic carbocycles. The first-order chi connectivity index (χ1) is 13.7. The fraction of sp³-hybridized carbons (Fsp3) is 0.682. The first-order valence-corrected chi connectivity index (χ1v) is 10.9. The van der Waals surface area contributed by atoms with E-state index in [0.717, 1.165) is 63.1 Å². The van der Waals surface area contributed by atoms with Gasteiger partial charge in [0.15, 0.2) is 5.96 Å². The summed E-state index contributed by atoms with van der Waals surface area (Å²) in [5, 5.41) is 4.46. The second-order valence-electron chi connectivity index (χ2n) is 7.95. The maximum atomic E-state index is 6.08. The van der Waals surface area contributed by atoms with Crippen LogP contribution in [0.3, 0.4) is 0 Å². The highest BCUT2D eigenvalue weighted by Gasteiger charge is 2.39. The molecule has 1 heterocycles. The van der Waals surface area contributed by atoms with Crippen molar-refractivity contribution >= 4 is 17.6 Å².